The lowest BCUT2D eigenvalue weighted by Gasteiger charge is -2.27. The summed E-state index contributed by atoms with van der Waals surface area (Å²) in [6, 6.07) is 15.4. The molecule has 2 nitrogen and oxygen atoms in total. The Bertz CT molecular complexity index is 508. The van der Waals surface area contributed by atoms with Crippen LogP contribution in [0.1, 0.15) is 24.1 Å². The first kappa shape index (κ1) is 11.3. The number of anilines is 1. The van der Waals surface area contributed by atoms with Crippen molar-refractivity contribution in [3.8, 4) is 0 Å². The maximum Gasteiger partial charge on any atom is 0.0404 e. The summed E-state index contributed by atoms with van der Waals surface area (Å²) in [5.41, 5.74) is 3.96. The number of fused-ring (bicyclic) bond motifs is 1. The van der Waals surface area contributed by atoms with Gasteiger partial charge in [0.05, 0.1) is 0 Å². The SMILES string of the molecule is c1ccc(CCC2CCc3ccccc3N2)nc1. The zero-order chi connectivity index (χ0) is 12.2. The van der Waals surface area contributed by atoms with E-state index in [-0.39, 0.29) is 0 Å². The highest BCUT2D eigenvalue weighted by molar-refractivity contribution is 5.53. The number of hydrogen-bond donors (Lipinski definition) is 1. The largest absolute Gasteiger partial charge is 0.382 e. The van der Waals surface area contributed by atoms with Gasteiger partial charge in [0.1, 0.15) is 0 Å². The van der Waals surface area contributed by atoms with Crippen molar-refractivity contribution in [2.45, 2.75) is 31.7 Å². The average molecular weight is 238 g/mol. The molecule has 0 aliphatic carbocycles. The van der Waals surface area contributed by atoms with Crippen molar-refractivity contribution >= 4 is 5.69 Å². The Morgan fingerprint density at radius 2 is 2.00 bits per heavy atom. The van der Waals surface area contributed by atoms with Crippen molar-refractivity contribution in [3.05, 3.63) is 59.9 Å². The Morgan fingerprint density at radius 3 is 2.89 bits per heavy atom. The van der Waals surface area contributed by atoms with E-state index in [4.69, 9.17) is 0 Å². The first-order valence-corrected chi connectivity index (χ1v) is 6.66. The van der Waals surface area contributed by atoms with E-state index < -0.39 is 0 Å². The number of nitrogens with one attached hydrogen (secondary N) is 1. The molecule has 1 aromatic carbocycles. The van der Waals surface area contributed by atoms with E-state index in [1.165, 1.54) is 29.8 Å². The molecule has 2 heterocycles. The van der Waals surface area contributed by atoms with Crippen LogP contribution in [-0.2, 0) is 12.8 Å². The zero-order valence-electron chi connectivity index (χ0n) is 10.5. The molecule has 92 valence electrons. The predicted octanol–water partition coefficient (Wildman–Crippen LogP) is 3.44. The van der Waals surface area contributed by atoms with Crippen LogP contribution in [0.5, 0.6) is 0 Å². The van der Waals surface area contributed by atoms with Gasteiger partial charge >= 0.3 is 0 Å². The highest BCUT2D eigenvalue weighted by Crippen LogP contribution is 2.25. The second-order valence-electron chi connectivity index (χ2n) is 4.90. The zero-order valence-corrected chi connectivity index (χ0v) is 10.5. The van der Waals surface area contributed by atoms with Crippen LogP contribution in [0.25, 0.3) is 0 Å². The van der Waals surface area contributed by atoms with Crippen LogP contribution in [0.15, 0.2) is 48.7 Å². The van der Waals surface area contributed by atoms with E-state index in [1.54, 1.807) is 0 Å². The molecule has 0 fully saturated rings. The maximum atomic E-state index is 4.38. The molecule has 1 aromatic heterocycles. The molecule has 2 heteroatoms. The Morgan fingerprint density at radius 1 is 1.11 bits per heavy atom. The van der Waals surface area contributed by atoms with Crippen molar-refractivity contribution in [1.29, 1.82) is 0 Å². The summed E-state index contributed by atoms with van der Waals surface area (Å²) >= 11 is 0. The fraction of sp³-hybridized carbons (Fsp3) is 0.312. The van der Waals surface area contributed by atoms with Crippen LogP contribution in [0.3, 0.4) is 0 Å². The summed E-state index contributed by atoms with van der Waals surface area (Å²) in [5.74, 6) is 0. The molecule has 0 amide bonds. The smallest absolute Gasteiger partial charge is 0.0404 e. The fourth-order valence-electron chi connectivity index (χ4n) is 2.59. The molecule has 1 aliphatic rings. The minimum absolute atomic E-state index is 0.585. The Kier molecular flexibility index (Phi) is 3.26. The number of nitrogens with zero attached hydrogens (tertiary/aromatic N) is 1. The monoisotopic (exact) mass is 238 g/mol. The van der Waals surface area contributed by atoms with Crippen molar-refractivity contribution < 1.29 is 0 Å². The van der Waals surface area contributed by atoms with Crippen LogP contribution in [-0.4, -0.2) is 11.0 Å². The van der Waals surface area contributed by atoms with E-state index in [0.29, 0.717) is 6.04 Å². The Hall–Kier alpha value is -1.83. The van der Waals surface area contributed by atoms with Gasteiger partial charge in [-0.25, -0.2) is 0 Å². The van der Waals surface area contributed by atoms with Crippen molar-refractivity contribution in [1.82, 2.24) is 4.98 Å². The molecule has 2 aromatic rings. The highest BCUT2D eigenvalue weighted by Gasteiger charge is 2.16. The molecule has 0 bridgehead atoms. The van der Waals surface area contributed by atoms with E-state index in [9.17, 15) is 0 Å². The normalized spacial score (nSPS) is 17.9. The fourth-order valence-corrected chi connectivity index (χ4v) is 2.59. The molecule has 1 aliphatic heterocycles. The lowest BCUT2D eigenvalue weighted by atomic mass is 9.95. The molecule has 1 atom stereocenters. The highest BCUT2D eigenvalue weighted by atomic mass is 14.9. The minimum Gasteiger partial charge on any atom is -0.382 e. The third-order valence-corrected chi connectivity index (χ3v) is 3.61. The van der Waals surface area contributed by atoms with Crippen LogP contribution in [0.2, 0.25) is 0 Å². The molecule has 3 rings (SSSR count). The first-order chi connectivity index (χ1) is 8.92. The van der Waals surface area contributed by atoms with E-state index in [1.807, 2.05) is 12.3 Å². The molecule has 0 radical (unpaired) electrons. The molecule has 0 saturated heterocycles. The van der Waals surface area contributed by atoms with Crippen LogP contribution in [0, 0.1) is 0 Å². The van der Waals surface area contributed by atoms with Crippen molar-refractivity contribution in [3.63, 3.8) is 0 Å². The maximum absolute atomic E-state index is 4.38. The van der Waals surface area contributed by atoms with Gasteiger partial charge in [0.2, 0.25) is 0 Å². The standard InChI is InChI=1S/C16H18N2/c1-2-7-16-13(5-1)8-9-15(18-16)11-10-14-6-3-4-12-17-14/h1-7,12,15,18H,8-11H2. The van der Waals surface area contributed by atoms with Gasteiger partial charge in [-0.1, -0.05) is 24.3 Å². The van der Waals surface area contributed by atoms with Gasteiger partial charge < -0.3 is 5.32 Å². The quantitative estimate of drug-likeness (QED) is 0.886. The lowest BCUT2D eigenvalue weighted by molar-refractivity contribution is 0.583. The first-order valence-electron chi connectivity index (χ1n) is 6.66. The van der Waals surface area contributed by atoms with Crippen LogP contribution < -0.4 is 5.32 Å². The molecular formula is C16H18N2. The number of benzene rings is 1. The number of pyridine rings is 1. The minimum atomic E-state index is 0.585. The van der Waals surface area contributed by atoms with Crippen molar-refractivity contribution in [2.75, 3.05) is 5.32 Å². The second kappa shape index (κ2) is 5.21. The summed E-state index contributed by atoms with van der Waals surface area (Å²) < 4.78 is 0. The van der Waals surface area contributed by atoms with Gasteiger partial charge in [0.25, 0.3) is 0 Å². The Labute approximate surface area is 108 Å². The topological polar surface area (TPSA) is 24.9 Å². The van der Waals surface area contributed by atoms with E-state index in [2.05, 4.69) is 46.7 Å². The average Bonchev–Trinajstić information content (AvgIpc) is 2.46. The van der Waals surface area contributed by atoms with Gasteiger partial charge in [-0.3, -0.25) is 4.98 Å². The molecule has 0 spiro atoms. The number of aromatic nitrogens is 1. The number of hydrogen-bond acceptors (Lipinski definition) is 2. The Balaban J connectivity index is 1.60. The second-order valence-corrected chi connectivity index (χ2v) is 4.90. The molecule has 1 N–H and O–H groups in total. The van der Waals surface area contributed by atoms with Crippen LogP contribution in [0.4, 0.5) is 5.69 Å². The summed E-state index contributed by atoms with van der Waals surface area (Å²) in [7, 11) is 0. The molecule has 1 unspecified atom stereocenters. The third-order valence-electron chi connectivity index (χ3n) is 3.61. The van der Waals surface area contributed by atoms with Gasteiger partial charge in [0.15, 0.2) is 0 Å². The molecule has 0 saturated carbocycles. The number of rotatable bonds is 3. The summed E-state index contributed by atoms with van der Waals surface area (Å²) in [6.07, 6.45) is 6.50. The lowest BCUT2D eigenvalue weighted by Crippen LogP contribution is -2.25. The summed E-state index contributed by atoms with van der Waals surface area (Å²) in [4.78, 5) is 4.38. The summed E-state index contributed by atoms with van der Waals surface area (Å²) in [6.45, 7) is 0. The molecule has 18 heavy (non-hydrogen) atoms. The van der Waals surface area contributed by atoms with E-state index in [0.717, 1.165) is 12.8 Å². The van der Waals surface area contributed by atoms with Gasteiger partial charge in [-0.15, -0.1) is 0 Å². The third kappa shape index (κ3) is 2.53. The van der Waals surface area contributed by atoms with Gasteiger partial charge in [-0.05, 0) is 49.4 Å². The number of para-hydroxylation sites is 1. The van der Waals surface area contributed by atoms with Gasteiger partial charge in [-0.2, -0.15) is 0 Å². The van der Waals surface area contributed by atoms with E-state index >= 15 is 0 Å². The molecular weight excluding hydrogens is 220 g/mol. The van der Waals surface area contributed by atoms with Gasteiger partial charge in [0, 0.05) is 23.6 Å². The van der Waals surface area contributed by atoms with Crippen molar-refractivity contribution in [2.24, 2.45) is 0 Å². The number of aryl methyl sites for hydroxylation is 2. The summed E-state index contributed by atoms with van der Waals surface area (Å²) in [5, 5.41) is 3.64. The predicted molar refractivity (Wildman–Crippen MR) is 74.7 cm³/mol. The van der Waals surface area contributed by atoms with Crippen LogP contribution >= 0.6 is 0 Å².